The fourth-order valence-corrected chi connectivity index (χ4v) is 5.37. The molecule has 5 nitrogen and oxygen atoms in total. The van der Waals surface area contributed by atoms with Crippen LogP contribution in [0.2, 0.25) is 0 Å². The van der Waals surface area contributed by atoms with E-state index in [4.69, 9.17) is 0 Å². The minimum atomic E-state index is -3.50. The van der Waals surface area contributed by atoms with Gasteiger partial charge in [0.05, 0.1) is 20.1 Å². The van der Waals surface area contributed by atoms with Crippen LogP contribution in [-0.2, 0) is 15.4 Å². The summed E-state index contributed by atoms with van der Waals surface area (Å²) in [5.41, 5.74) is 0.825. The lowest BCUT2D eigenvalue weighted by Crippen LogP contribution is -2.46. The van der Waals surface area contributed by atoms with E-state index in [1.807, 2.05) is 0 Å². The Morgan fingerprint density at radius 2 is 2.04 bits per heavy atom. The Balaban J connectivity index is 0.00000225. The highest BCUT2D eigenvalue weighted by Crippen LogP contribution is 2.32. The molecule has 0 radical (unpaired) electrons. The van der Waals surface area contributed by atoms with Crippen LogP contribution in [0.4, 0.5) is 0 Å². The number of piperidine rings is 1. The number of sulfonamides is 1. The molecule has 25 heavy (non-hydrogen) atoms. The molecule has 1 aromatic carbocycles. The fourth-order valence-electron chi connectivity index (χ4n) is 2.92. The molecule has 8 heteroatoms. The van der Waals surface area contributed by atoms with Crippen LogP contribution in [0, 0.1) is 0 Å². The van der Waals surface area contributed by atoms with Gasteiger partial charge in [0.15, 0.2) is 0 Å². The van der Waals surface area contributed by atoms with Gasteiger partial charge in [0.25, 0.3) is 0 Å². The van der Waals surface area contributed by atoms with E-state index >= 15 is 0 Å². The summed E-state index contributed by atoms with van der Waals surface area (Å²) in [6, 6.07) is 5.54. The van der Waals surface area contributed by atoms with Gasteiger partial charge in [0, 0.05) is 17.5 Å². The molecule has 0 bridgehead atoms. The first-order valence-electron chi connectivity index (χ1n) is 8.32. The van der Waals surface area contributed by atoms with Crippen LogP contribution < -0.4 is 10.0 Å². The second kappa shape index (κ2) is 7.48. The maximum absolute atomic E-state index is 12.7. The van der Waals surface area contributed by atoms with E-state index in [1.54, 1.807) is 29.5 Å². The van der Waals surface area contributed by atoms with Gasteiger partial charge in [-0.15, -0.1) is 23.7 Å². The minimum Gasteiger partial charge on any atom is -0.314 e. The van der Waals surface area contributed by atoms with Crippen LogP contribution in [0.5, 0.6) is 0 Å². The number of fused-ring (bicyclic) bond motifs is 1. The van der Waals surface area contributed by atoms with Crippen molar-refractivity contribution in [2.75, 3.05) is 6.54 Å². The summed E-state index contributed by atoms with van der Waals surface area (Å²) in [6.45, 7) is 9.27. The molecule has 2 N–H and O–H groups in total. The molecule has 0 aliphatic carbocycles. The average Bonchev–Trinajstić information content (AvgIpc) is 2.90. The van der Waals surface area contributed by atoms with Gasteiger partial charge < -0.3 is 5.32 Å². The summed E-state index contributed by atoms with van der Waals surface area (Å²) in [5.74, 6) is 0. The summed E-state index contributed by atoms with van der Waals surface area (Å²) >= 11 is 1.57. The third kappa shape index (κ3) is 4.71. The summed E-state index contributed by atoms with van der Waals surface area (Å²) in [5, 5.41) is 4.36. The molecule has 1 aromatic heterocycles. The highest BCUT2D eigenvalue weighted by molar-refractivity contribution is 7.89. The summed E-state index contributed by atoms with van der Waals surface area (Å²) in [7, 11) is -3.50. The zero-order valence-electron chi connectivity index (χ0n) is 15.0. The normalized spacial score (nSPS) is 21.9. The van der Waals surface area contributed by atoms with Crippen molar-refractivity contribution in [2.45, 2.75) is 62.9 Å². The van der Waals surface area contributed by atoms with Gasteiger partial charge in [-0.25, -0.2) is 18.1 Å². The molecule has 140 valence electrons. The van der Waals surface area contributed by atoms with Crippen LogP contribution in [-0.4, -0.2) is 32.0 Å². The van der Waals surface area contributed by atoms with Crippen LogP contribution >= 0.6 is 23.7 Å². The van der Waals surface area contributed by atoms with E-state index < -0.39 is 10.0 Å². The standard InChI is InChI=1S/C17H25N3O2S2.ClH/c1-11-9-12(7-8-18-11)20-24(21,22)13-5-6-14-15(10-13)23-16(19-14)17(2,3)4;/h5-6,10-12,18,20H,7-9H2,1-4H3;1H. The van der Waals surface area contributed by atoms with Gasteiger partial charge in [-0.1, -0.05) is 20.8 Å². The van der Waals surface area contributed by atoms with E-state index in [-0.39, 0.29) is 23.9 Å². The van der Waals surface area contributed by atoms with Crippen LogP contribution in [0.15, 0.2) is 23.1 Å². The lowest BCUT2D eigenvalue weighted by Gasteiger charge is -2.28. The van der Waals surface area contributed by atoms with Crippen molar-refractivity contribution in [1.82, 2.24) is 15.0 Å². The van der Waals surface area contributed by atoms with Gasteiger partial charge in [0.1, 0.15) is 0 Å². The molecule has 1 saturated heterocycles. The van der Waals surface area contributed by atoms with Crippen LogP contribution in [0.3, 0.4) is 0 Å². The second-order valence-corrected chi connectivity index (χ2v) is 10.3. The van der Waals surface area contributed by atoms with Crippen molar-refractivity contribution >= 4 is 44.0 Å². The Morgan fingerprint density at radius 1 is 1.32 bits per heavy atom. The monoisotopic (exact) mass is 403 g/mol. The largest absolute Gasteiger partial charge is 0.314 e. The predicted octanol–water partition coefficient (Wildman–Crippen LogP) is 3.43. The van der Waals surface area contributed by atoms with Crippen molar-refractivity contribution in [3.8, 4) is 0 Å². The first kappa shape index (κ1) is 20.6. The van der Waals surface area contributed by atoms with Gasteiger partial charge in [-0.05, 0) is 44.5 Å². The van der Waals surface area contributed by atoms with E-state index in [1.165, 1.54) is 0 Å². The maximum Gasteiger partial charge on any atom is 0.240 e. The molecule has 2 atom stereocenters. The third-order valence-electron chi connectivity index (χ3n) is 4.26. The topological polar surface area (TPSA) is 71.1 Å². The predicted molar refractivity (Wildman–Crippen MR) is 106 cm³/mol. The van der Waals surface area contributed by atoms with E-state index in [2.05, 4.69) is 42.7 Å². The molecule has 1 aliphatic heterocycles. The number of rotatable bonds is 3. The number of hydrogen-bond donors (Lipinski definition) is 2. The van der Waals surface area contributed by atoms with Gasteiger partial charge >= 0.3 is 0 Å². The Hall–Kier alpha value is -0.730. The molecule has 0 saturated carbocycles. The maximum atomic E-state index is 12.7. The highest BCUT2D eigenvalue weighted by Gasteiger charge is 2.25. The zero-order chi connectivity index (χ0) is 17.5. The van der Waals surface area contributed by atoms with E-state index in [0.717, 1.165) is 34.6 Å². The average molecular weight is 404 g/mol. The highest BCUT2D eigenvalue weighted by atomic mass is 35.5. The quantitative estimate of drug-likeness (QED) is 0.823. The lowest BCUT2D eigenvalue weighted by atomic mass is 9.98. The Bertz CT molecular complexity index is 843. The summed E-state index contributed by atoms with van der Waals surface area (Å²) in [6.07, 6.45) is 1.64. The third-order valence-corrected chi connectivity index (χ3v) is 7.22. The smallest absolute Gasteiger partial charge is 0.240 e. The summed E-state index contributed by atoms with van der Waals surface area (Å²) < 4.78 is 29.2. The SMILES string of the molecule is CC1CC(NS(=O)(=O)c2ccc3nc(C(C)(C)C)sc3c2)CCN1.Cl. The van der Waals surface area contributed by atoms with Crippen molar-refractivity contribution < 1.29 is 8.42 Å². The lowest BCUT2D eigenvalue weighted by molar-refractivity contribution is 0.361. The number of thiazole rings is 1. The van der Waals surface area contributed by atoms with Crippen LogP contribution in [0.25, 0.3) is 10.2 Å². The number of nitrogens with zero attached hydrogens (tertiary/aromatic N) is 1. The molecule has 2 unspecified atom stereocenters. The minimum absolute atomic E-state index is 0. The first-order chi connectivity index (χ1) is 11.1. The molecule has 1 fully saturated rings. The molecule has 0 spiro atoms. The molecule has 1 aliphatic rings. The van der Waals surface area contributed by atoms with Crippen molar-refractivity contribution in [3.05, 3.63) is 23.2 Å². The number of hydrogen-bond acceptors (Lipinski definition) is 5. The second-order valence-electron chi connectivity index (χ2n) is 7.60. The fraction of sp³-hybridized carbons (Fsp3) is 0.588. The Morgan fingerprint density at radius 3 is 2.68 bits per heavy atom. The van der Waals surface area contributed by atoms with Crippen molar-refractivity contribution in [2.24, 2.45) is 0 Å². The van der Waals surface area contributed by atoms with E-state index in [9.17, 15) is 8.42 Å². The summed E-state index contributed by atoms with van der Waals surface area (Å²) in [4.78, 5) is 4.95. The number of halogens is 1. The number of nitrogens with one attached hydrogen (secondary N) is 2. The molecule has 2 heterocycles. The van der Waals surface area contributed by atoms with Gasteiger partial charge in [-0.2, -0.15) is 0 Å². The van der Waals surface area contributed by atoms with Gasteiger partial charge in [0.2, 0.25) is 10.0 Å². The van der Waals surface area contributed by atoms with Crippen molar-refractivity contribution in [1.29, 1.82) is 0 Å². The molecule has 2 aromatic rings. The number of benzene rings is 1. The Kier molecular flexibility index (Phi) is 6.16. The van der Waals surface area contributed by atoms with E-state index in [0.29, 0.717) is 10.9 Å². The molecule has 3 rings (SSSR count). The molecule has 0 amide bonds. The van der Waals surface area contributed by atoms with Crippen LogP contribution in [0.1, 0.15) is 45.5 Å². The Labute approximate surface area is 160 Å². The van der Waals surface area contributed by atoms with Crippen molar-refractivity contribution in [3.63, 3.8) is 0 Å². The first-order valence-corrected chi connectivity index (χ1v) is 10.6. The zero-order valence-corrected chi connectivity index (χ0v) is 17.4. The number of aromatic nitrogens is 1. The van der Waals surface area contributed by atoms with Gasteiger partial charge in [-0.3, -0.25) is 0 Å². The molecular weight excluding hydrogens is 378 g/mol. The molecular formula is C17H26ClN3O2S2.